The summed E-state index contributed by atoms with van der Waals surface area (Å²) in [4.78, 5) is 4.53. The highest BCUT2D eigenvalue weighted by Gasteiger charge is 2.49. The maximum absolute atomic E-state index is 5.96. The van der Waals surface area contributed by atoms with Crippen LogP contribution >= 0.6 is 0 Å². The summed E-state index contributed by atoms with van der Waals surface area (Å²) in [5.74, 6) is 1.97. The molecule has 4 nitrogen and oxygen atoms in total. The minimum absolute atomic E-state index is 0.290. The molecule has 3 rings (SSSR count). The molecule has 2 aliphatic rings. The van der Waals surface area contributed by atoms with Gasteiger partial charge in [-0.3, -0.25) is 4.98 Å². The van der Waals surface area contributed by atoms with E-state index < -0.39 is 0 Å². The summed E-state index contributed by atoms with van der Waals surface area (Å²) < 4.78 is 11.9. The van der Waals surface area contributed by atoms with E-state index in [-0.39, 0.29) is 18.3 Å². The van der Waals surface area contributed by atoms with Crippen LogP contribution in [0.1, 0.15) is 44.5 Å². The van der Waals surface area contributed by atoms with E-state index in [1.54, 1.807) is 0 Å². The standard InChI is InChI=1S/C16H23BN2O2/c1-15(2)16(3,4)21-17(20-15)7-5-12-9-13-6-8-18-11-14(13)19-10-12/h5,7,9-10,18H,6,8,11H2,1-4H3/b7-5+. The third-order valence-electron chi connectivity index (χ3n) is 4.66. The SMILES string of the molecule is CC1(C)OB(/C=C/c2cnc3c(c2)CCNC3)OC1(C)C. The number of fused-ring (bicyclic) bond motifs is 1. The van der Waals surface area contributed by atoms with Crippen LogP contribution in [0, 0.1) is 0 Å². The molecule has 3 heterocycles. The second kappa shape index (κ2) is 5.23. The maximum atomic E-state index is 5.96. The van der Waals surface area contributed by atoms with Crippen LogP contribution in [-0.4, -0.2) is 29.8 Å². The lowest BCUT2D eigenvalue weighted by atomic mass is 9.89. The second-order valence-corrected chi connectivity index (χ2v) is 6.79. The number of aromatic nitrogens is 1. The van der Waals surface area contributed by atoms with Crippen LogP contribution < -0.4 is 5.32 Å². The highest BCUT2D eigenvalue weighted by molar-refractivity contribution is 6.52. The lowest BCUT2D eigenvalue weighted by molar-refractivity contribution is 0.00578. The van der Waals surface area contributed by atoms with Crippen LogP contribution in [0.5, 0.6) is 0 Å². The summed E-state index contributed by atoms with van der Waals surface area (Å²) >= 11 is 0. The van der Waals surface area contributed by atoms with Gasteiger partial charge in [0.1, 0.15) is 0 Å². The van der Waals surface area contributed by atoms with Crippen LogP contribution in [-0.2, 0) is 22.3 Å². The highest BCUT2D eigenvalue weighted by atomic mass is 16.7. The van der Waals surface area contributed by atoms with Crippen LogP contribution in [0.4, 0.5) is 0 Å². The smallest absolute Gasteiger partial charge is 0.400 e. The number of nitrogens with one attached hydrogen (secondary N) is 1. The molecule has 21 heavy (non-hydrogen) atoms. The molecule has 0 aromatic carbocycles. The van der Waals surface area contributed by atoms with Crippen LogP contribution in [0.15, 0.2) is 18.2 Å². The lowest BCUT2D eigenvalue weighted by Gasteiger charge is -2.32. The Morgan fingerprint density at radius 3 is 2.67 bits per heavy atom. The van der Waals surface area contributed by atoms with Gasteiger partial charge < -0.3 is 14.6 Å². The van der Waals surface area contributed by atoms with Crippen molar-refractivity contribution >= 4 is 13.2 Å². The third-order valence-corrected chi connectivity index (χ3v) is 4.66. The topological polar surface area (TPSA) is 43.4 Å². The van der Waals surface area contributed by atoms with E-state index in [1.807, 2.05) is 18.2 Å². The van der Waals surface area contributed by atoms with Gasteiger partial charge in [0.25, 0.3) is 0 Å². The Bertz CT molecular complexity index is 553. The van der Waals surface area contributed by atoms with Crippen molar-refractivity contribution in [2.75, 3.05) is 6.54 Å². The number of hydrogen-bond acceptors (Lipinski definition) is 4. The van der Waals surface area contributed by atoms with Gasteiger partial charge in [-0.25, -0.2) is 0 Å². The normalized spacial score (nSPS) is 23.5. The molecule has 2 aliphatic heterocycles. The molecule has 1 N–H and O–H groups in total. The molecule has 0 atom stereocenters. The molecule has 1 aromatic rings. The van der Waals surface area contributed by atoms with Crippen molar-refractivity contribution in [2.45, 2.75) is 51.9 Å². The predicted molar refractivity (Wildman–Crippen MR) is 84.8 cm³/mol. The number of rotatable bonds is 2. The molecular weight excluding hydrogens is 263 g/mol. The molecule has 0 amide bonds. The van der Waals surface area contributed by atoms with Gasteiger partial charge in [0.05, 0.1) is 16.9 Å². The predicted octanol–water partition coefficient (Wildman–Crippen LogP) is 2.37. The van der Waals surface area contributed by atoms with E-state index in [0.717, 1.165) is 30.8 Å². The third kappa shape index (κ3) is 2.91. The lowest BCUT2D eigenvalue weighted by Crippen LogP contribution is -2.41. The molecule has 0 unspecified atom stereocenters. The molecule has 1 saturated heterocycles. The number of hydrogen-bond donors (Lipinski definition) is 1. The first-order valence-electron chi connectivity index (χ1n) is 7.60. The summed E-state index contributed by atoms with van der Waals surface area (Å²) in [7, 11) is -0.298. The minimum Gasteiger partial charge on any atom is -0.400 e. The van der Waals surface area contributed by atoms with E-state index in [0.29, 0.717) is 0 Å². The summed E-state index contributed by atoms with van der Waals surface area (Å²) in [6, 6.07) is 2.21. The monoisotopic (exact) mass is 286 g/mol. The first-order chi connectivity index (χ1) is 9.87. The molecule has 0 radical (unpaired) electrons. The Morgan fingerprint density at radius 2 is 1.95 bits per heavy atom. The van der Waals surface area contributed by atoms with E-state index in [9.17, 15) is 0 Å². The Morgan fingerprint density at radius 1 is 1.24 bits per heavy atom. The molecule has 1 aromatic heterocycles. The maximum Gasteiger partial charge on any atom is 0.487 e. The largest absolute Gasteiger partial charge is 0.487 e. The fourth-order valence-electron chi connectivity index (χ4n) is 2.61. The van der Waals surface area contributed by atoms with Crippen molar-refractivity contribution in [3.63, 3.8) is 0 Å². The quantitative estimate of drug-likeness (QED) is 0.848. The van der Waals surface area contributed by atoms with Gasteiger partial charge in [-0.15, -0.1) is 0 Å². The molecule has 5 heteroatoms. The van der Waals surface area contributed by atoms with Crippen LogP contribution in [0.25, 0.3) is 6.08 Å². The first kappa shape index (κ1) is 14.8. The molecule has 0 bridgehead atoms. The van der Waals surface area contributed by atoms with E-state index >= 15 is 0 Å². The molecule has 1 fully saturated rings. The molecule has 0 aliphatic carbocycles. The zero-order valence-electron chi connectivity index (χ0n) is 13.3. The Kier molecular flexibility index (Phi) is 3.68. The van der Waals surface area contributed by atoms with Crippen LogP contribution in [0.3, 0.4) is 0 Å². The van der Waals surface area contributed by atoms with Crippen LogP contribution in [0.2, 0.25) is 0 Å². The number of nitrogens with zero attached hydrogens (tertiary/aromatic N) is 1. The Hall–Kier alpha value is -1.17. The Balaban J connectivity index is 1.73. The first-order valence-corrected chi connectivity index (χ1v) is 7.60. The van der Waals surface area contributed by atoms with Gasteiger partial charge in [-0.2, -0.15) is 0 Å². The van der Waals surface area contributed by atoms with Crippen molar-refractivity contribution in [1.82, 2.24) is 10.3 Å². The van der Waals surface area contributed by atoms with Crippen molar-refractivity contribution in [3.05, 3.63) is 35.1 Å². The summed E-state index contributed by atoms with van der Waals surface area (Å²) in [6.07, 6.45) is 4.99. The van der Waals surface area contributed by atoms with E-state index in [1.165, 1.54) is 5.56 Å². The molecule has 0 saturated carbocycles. The van der Waals surface area contributed by atoms with E-state index in [4.69, 9.17) is 9.31 Å². The van der Waals surface area contributed by atoms with Gasteiger partial charge in [-0.05, 0) is 57.9 Å². The summed E-state index contributed by atoms with van der Waals surface area (Å²) in [5.41, 5.74) is 3.02. The zero-order valence-corrected chi connectivity index (χ0v) is 13.3. The van der Waals surface area contributed by atoms with Gasteiger partial charge in [0, 0.05) is 12.7 Å². The highest BCUT2D eigenvalue weighted by Crippen LogP contribution is 2.37. The molecule has 112 valence electrons. The van der Waals surface area contributed by atoms with Crippen molar-refractivity contribution < 1.29 is 9.31 Å². The van der Waals surface area contributed by atoms with E-state index in [2.05, 4.69) is 44.1 Å². The average molecular weight is 286 g/mol. The van der Waals surface area contributed by atoms with Gasteiger partial charge >= 0.3 is 7.12 Å². The van der Waals surface area contributed by atoms with Crippen molar-refractivity contribution in [2.24, 2.45) is 0 Å². The summed E-state index contributed by atoms with van der Waals surface area (Å²) in [5, 5.41) is 3.33. The average Bonchev–Trinajstić information content (AvgIpc) is 2.64. The number of pyridine rings is 1. The zero-order chi connectivity index (χ0) is 15.1. The van der Waals surface area contributed by atoms with Gasteiger partial charge in [-0.1, -0.05) is 12.1 Å². The van der Waals surface area contributed by atoms with Crippen molar-refractivity contribution in [1.29, 1.82) is 0 Å². The van der Waals surface area contributed by atoms with Crippen molar-refractivity contribution in [3.8, 4) is 0 Å². The minimum atomic E-state index is -0.298. The van der Waals surface area contributed by atoms with Gasteiger partial charge in [0.2, 0.25) is 0 Å². The Labute approximate surface area is 127 Å². The fraction of sp³-hybridized carbons (Fsp3) is 0.562. The fourth-order valence-corrected chi connectivity index (χ4v) is 2.61. The van der Waals surface area contributed by atoms with Gasteiger partial charge in [0.15, 0.2) is 0 Å². The molecule has 0 spiro atoms. The molecular formula is C16H23BN2O2. The summed E-state index contributed by atoms with van der Waals surface area (Å²) in [6.45, 7) is 10.2. The second-order valence-electron chi connectivity index (χ2n) is 6.79.